The van der Waals surface area contributed by atoms with E-state index in [-0.39, 0.29) is 17.9 Å². The van der Waals surface area contributed by atoms with Crippen molar-refractivity contribution in [3.05, 3.63) is 41.6 Å². The number of rotatable bonds is 10. The van der Waals surface area contributed by atoms with E-state index in [2.05, 4.69) is 10.4 Å². The van der Waals surface area contributed by atoms with Gasteiger partial charge >= 0.3 is 5.97 Å². The lowest BCUT2D eigenvalue weighted by molar-refractivity contribution is -0.143. The SMILES string of the molecule is CCOC(=O)CCc1cccc(-n2ncc(C(=O)NC3C4CC5CC(C4)CC3C5)c2OCC2CCCCC2)c1. The zero-order valence-corrected chi connectivity index (χ0v) is 23.3. The molecule has 39 heavy (non-hydrogen) atoms. The van der Waals surface area contributed by atoms with Crippen LogP contribution < -0.4 is 10.1 Å². The summed E-state index contributed by atoms with van der Waals surface area (Å²) in [6.07, 6.45) is 15.2. The molecule has 0 spiro atoms. The highest BCUT2D eigenvalue weighted by Crippen LogP contribution is 2.53. The van der Waals surface area contributed by atoms with Crippen LogP contribution >= 0.6 is 0 Å². The predicted octanol–water partition coefficient (Wildman–Crippen LogP) is 5.88. The van der Waals surface area contributed by atoms with Gasteiger partial charge in [0.1, 0.15) is 5.56 Å². The summed E-state index contributed by atoms with van der Waals surface area (Å²) in [5.41, 5.74) is 2.38. The number of hydrogen-bond acceptors (Lipinski definition) is 5. The van der Waals surface area contributed by atoms with Gasteiger partial charge in [0, 0.05) is 12.5 Å². The number of hydrogen-bond donors (Lipinski definition) is 1. The number of carbonyl (C=O) groups excluding carboxylic acids is 2. The van der Waals surface area contributed by atoms with Crippen LogP contribution in [0.25, 0.3) is 5.69 Å². The minimum atomic E-state index is -0.192. The number of esters is 1. The molecule has 1 amide bonds. The number of nitrogens with zero attached hydrogens (tertiary/aromatic N) is 2. The van der Waals surface area contributed by atoms with Gasteiger partial charge in [-0.05, 0) is 106 Å². The van der Waals surface area contributed by atoms with E-state index in [0.717, 1.165) is 23.1 Å². The van der Waals surface area contributed by atoms with E-state index in [9.17, 15) is 9.59 Å². The summed E-state index contributed by atoms with van der Waals surface area (Å²) in [5.74, 6) is 3.76. The van der Waals surface area contributed by atoms with Crippen molar-refractivity contribution in [1.29, 1.82) is 0 Å². The first-order valence-corrected chi connectivity index (χ1v) is 15.3. The molecule has 1 aromatic heterocycles. The Morgan fingerprint density at radius 2 is 1.77 bits per heavy atom. The summed E-state index contributed by atoms with van der Waals surface area (Å²) in [4.78, 5) is 25.7. The molecule has 1 aromatic carbocycles. The van der Waals surface area contributed by atoms with Gasteiger partial charge in [0.2, 0.25) is 5.88 Å². The lowest BCUT2D eigenvalue weighted by Gasteiger charge is -2.54. The minimum Gasteiger partial charge on any atom is -0.477 e. The Balaban J connectivity index is 1.22. The molecule has 5 aliphatic carbocycles. The molecule has 0 atom stereocenters. The third kappa shape index (κ3) is 5.87. The maximum absolute atomic E-state index is 13.8. The molecule has 2 aromatic rings. The van der Waals surface area contributed by atoms with Crippen LogP contribution in [0.2, 0.25) is 0 Å². The van der Waals surface area contributed by atoms with Gasteiger partial charge in [-0.1, -0.05) is 31.4 Å². The fourth-order valence-corrected chi connectivity index (χ4v) is 8.08. The van der Waals surface area contributed by atoms with E-state index in [0.29, 0.717) is 55.3 Å². The number of aromatic nitrogens is 2. The van der Waals surface area contributed by atoms with Crippen molar-refractivity contribution < 1.29 is 19.1 Å². The molecule has 0 saturated heterocycles. The number of ether oxygens (including phenoxy) is 2. The van der Waals surface area contributed by atoms with Crippen molar-refractivity contribution in [2.45, 2.75) is 90.0 Å². The zero-order chi connectivity index (χ0) is 26.8. The van der Waals surface area contributed by atoms with Crippen LogP contribution in [-0.4, -0.2) is 40.9 Å². The highest BCUT2D eigenvalue weighted by atomic mass is 16.5. The Labute approximate surface area is 232 Å². The molecular weight excluding hydrogens is 490 g/mol. The molecule has 5 fully saturated rings. The Kier molecular flexibility index (Phi) is 7.94. The van der Waals surface area contributed by atoms with E-state index in [1.165, 1.54) is 64.2 Å². The van der Waals surface area contributed by atoms with E-state index < -0.39 is 0 Å². The normalized spacial score (nSPS) is 27.9. The van der Waals surface area contributed by atoms with Crippen molar-refractivity contribution in [2.24, 2.45) is 29.6 Å². The van der Waals surface area contributed by atoms with Gasteiger partial charge in [-0.15, -0.1) is 0 Å². The maximum Gasteiger partial charge on any atom is 0.306 e. The van der Waals surface area contributed by atoms with Crippen molar-refractivity contribution in [2.75, 3.05) is 13.2 Å². The summed E-state index contributed by atoms with van der Waals surface area (Å²) in [5, 5.41) is 8.11. The quantitative estimate of drug-likeness (QED) is 0.386. The summed E-state index contributed by atoms with van der Waals surface area (Å²) in [6, 6.07) is 8.25. The second-order valence-electron chi connectivity index (χ2n) is 12.5. The van der Waals surface area contributed by atoms with Gasteiger partial charge in [-0.25, -0.2) is 4.68 Å². The number of benzene rings is 1. The minimum absolute atomic E-state index is 0.0594. The highest BCUT2D eigenvalue weighted by Gasteiger charge is 2.48. The lowest BCUT2D eigenvalue weighted by Crippen LogP contribution is -2.55. The molecule has 7 rings (SSSR count). The third-order valence-electron chi connectivity index (χ3n) is 9.75. The summed E-state index contributed by atoms with van der Waals surface area (Å²) in [7, 11) is 0. The van der Waals surface area contributed by atoms with Crippen LogP contribution in [0, 0.1) is 29.6 Å². The van der Waals surface area contributed by atoms with E-state index >= 15 is 0 Å². The monoisotopic (exact) mass is 533 g/mol. The number of amides is 1. The molecule has 210 valence electrons. The molecule has 7 heteroatoms. The second kappa shape index (κ2) is 11.7. The number of nitrogens with one attached hydrogen (secondary N) is 1. The first-order chi connectivity index (χ1) is 19.1. The standard InChI is InChI=1S/C32H43N3O4/c1-2-38-29(36)12-11-21-9-6-10-27(18-21)35-32(39-20-22-7-4-3-5-8-22)28(19-33-35)31(37)34-30-25-14-23-13-24(16-25)17-26(30)15-23/h6,9-10,18-19,22-26,30H,2-5,7-8,11-17,20H2,1H3,(H,34,37). The van der Waals surface area contributed by atoms with Crippen LogP contribution in [0.5, 0.6) is 5.88 Å². The molecule has 7 nitrogen and oxygen atoms in total. The first kappa shape index (κ1) is 26.4. The van der Waals surface area contributed by atoms with Crippen molar-refractivity contribution in [3.63, 3.8) is 0 Å². The predicted molar refractivity (Wildman–Crippen MR) is 149 cm³/mol. The highest BCUT2D eigenvalue weighted by molar-refractivity contribution is 5.96. The van der Waals surface area contributed by atoms with Gasteiger partial charge in [0.15, 0.2) is 0 Å². The Morgan fingerprint density at radius 3 is 2.49 bits per heavy atom. The fourth-order valence-electron chi connectivity index (χ4n) is 8.08. The molecular formula is C32H43N3O4. The largest absolute Gasteiger partial charge is 0.477 e. The van der Waals surface area contributed by atoms with Gasteiger partial charge < -0.3 is 14.8 Å². The molecule has 4 bridgehead atoms. The Hall–Kier alpha value is -2.83. The van der Waals surface area contributed by atoms with Crippen LogP contribution in [0.15, 0.2) is 30.5 Å². The average molecular weight is 534 g/mol. The lowest BCUT2D eigenvalue weighted by atomic mass is 9.54. The Morgan fingerprint density at radius 1 is 1.03 bits per heavy atom. The molecule has 1 heterocycles. The topological polar surface area (TPSA) is 82.5 Å². The summed E-state index contributed by atoms with van der Waals surface area (Å²) >= 11 is 0. The number of aryl methyl sites for hydroxylation is 1. The van der Waals surface area contributed by atoms with Gasteiger partial charge in [-0.2, -0.15) is 5.10 Å². The van der Waals surface area contributed by atoms with Crippen molar-refractivity contribution >= 4 is 11.9 Å². The van der Waals surface area contributed by atoms with Crippen molar-refractivity contribution in [1.82, 2.24) is 15.1 Å². The fraction of sp³-hybridized carbons (Fsp3) is 0.656. The van der Waals surface area contributed by atoms with Crippen LogP contribution in [0.4, 0.5) is 0 Å². The van der Waals surface area contributed by atoms with Crippen molar-refractivity contribution in [3.8, 4) is 11.6 Å². The molecule has 0 aliphatic heterocycles. The van der Waals surface area contributed by atoms with E-state index in [1.807, 2.05) is 31.2 Å². The third-order valence-corrected chi connectivity index (χ3v) is 9.75. The summed E-state index contributed by atoms with van der Waals surface area (Å²) in [6.45, 7) is 2.82. The molecule has 1 N–H and O–H groups in total. The van der Waals surface area contributed by atoms with Gasteiger partial charge in [0.25, 0.3) is 5.91 Å². The van der Waals surface area contributed by atoms with E-state index in [4.69, 9.17) is 9.47 Å². The van der Waals surface area contributed by atoms with Crippen LogP contribution in [-0.2, 0) is 16.0 Å². The summed E-state index contributed by atoms with van der Waals surface area (Å²) < 4.78 is 13.3. The molecule has 0 radical (unpaired) electrons. The smallest absolute Gasteiger partial charge is 0.306 e. The van der Waals surface area contributed by atoms with Crippen LogP contribution in [0.1, 0.15) is 93.5 Å². The van der Waals surface area contributed by atoms with Crippen LogP contribution in [0.3, 0.4) is 0 Å². The van der Waals surface area contributed by atoms with Gasteiger partial charge in [-0.3, -0.25) is 9.59 Å². The molecule has 5 aliphatic rings. The maximum atomic E-state index is 13.8. The zero-order valence-electron chi connectivity index (χ0n) is 23.3. The molecule has 5 saturated carbocycles. The van der Waals surface area contributed by atoms with Gasteiger partial charge in [0.05, 0.1) is 25.1 Å². The molecule has 0 unspecified atom stereocenters. The Bertz CT molecular complexity index is 1140. The second-order valence-corrected chi connectivity index (χ2v) is 12.5. The van der Waals surface area contributed by atoms with E-state index in [1.54, 1.807) is 10.9 Å². The number of carbonyl (C=O) groups is 2. The average Bonchev–Trinajstić information content (AvgIpc) is 3.37. The first-order valence-electron chi connectivity index (χ1n) is 15.3.